The predicted molar refractivity (Wildman–Crippen MR) is 73.8 cm³/mol. The second kappa shape index (κ2) is 4.31. The van der Waals surface area contributed by atoms with E-state index < -0.39 is 0 Å². The van der Waals surface area contributed by atoms with Crippen LogP contribution < -0.4 is 10.2 Å². The van der Waals surface area contributed by atoms with Crippen molar-refractivity contribution in [1.29, 1.82) is 0 Å². The van der Waals surface area contributed by atoms with Gasteiger partial charge in [-0.15, -0.1) is 0 Å². The molecule has 4 heteroatoms. The molecule has 1 aromatic carbocycles. The summed E-state index contributed by atoms with van der Waals surface area (Å²) < 4.78 is 0. The smallest absolute Gasteiger partial charge is 0.137 e. The number of nitrogens with one attached hydrogen (secondary N) is 1. The van der Waals surface area contributed by atoms with Crippen molar-refractivity contribution >= 4 is 5.82 Å². The molecule has 0 radical (unpaired) electrons. The third kappa shape index (κ3) is 1.79. The Balaban J connectivity index is 1.72. The minimum atomic E-state index is 0.887. The molecule has 2 aromatic rings. The van der Waals surface area contributed by atoms with Crippen molar-refractivity contribution in [3.63, 3.8) is 0 Å². The maximum atomic E-state index is 4.53. The van der Waals surface area contributed by atoms with Crippen molar-refractivity contribution < 1.29 is 0 Å². The van der Waals surface area contributed by atoms with Crippen molar-refractivity contribution in [1.82, 2.24) is 15.3 Å². The van der Waals surface area contributed by atoms with E-state index in [1.165, 1.54) is 22.4 Å². The van der Waals surface area contributed by atoms with Gasteiger partial charge in [0.2, 0.25) is 0 Å². The molecule has 0 aliphatic carbocycles. The summed E-state index contributed by atoms with van der Waals surface area (Å²) in [5.74, 6) is 1.10. The summed E-state index contributed by atoms with van der Waals surface area (Å²) in [5.41, 5.74) is 5.32. The lowest BCUT2D eigenvalue weighted by molar-refractivity contribution is 0.621. The molecule has 1 N–H and O–H groups in total. The first kappa shape index (κ1) is 10.9. The maximum Gasteiger partial charge on any atom is 0.137 e. The lowest BCUT2D eigenvalue weighted by Gasteiger charge is -2.24. The van der Waals surface area contributed by atoms with Crippen LogP contribution >= 0.6 is 0 Å². The second-order valence-corrected chi connectivity index (χ2v) is 5.17. The Labute approximate surface area is 112 Å². The Kier molecular flexibility index (Phi) is 2.48. The molecule has 2 aliphatic heterocycles. The lowest BCUT2D eigenvalue weighted by Crippen LogP contribution is -2.28. The predicted octanol–water partition coefficient (Wildman–Crippen LogP) is 1.64. The number of aromatic nitrogens is 2. The van der Waals surface area contributed by atoms with Crippen molar-refractivity contribution in [2.75, 3.05) is 11.4 Å². The summed E-state index contributed by atoms with van der Waals surface area (Å²) in [6, 6.07) is 8.64. The number of fused-ring (bicyclic) bond motifs is 2. The molecule has 19 heavy (non-hydrogen) atoms. The average molecular weight is 252 g/mol. The second-order valence-electron chi connectivity index (χ2n) is 5.17. The number of rotatable bonds is 1. The summed E-state index contributed by atoms with van der Waals surface area (Å²) in [6.07, 6.45) is 2.72. The van der Waals surface area contributed by atoms with Crippen LogP contribution in [0.1, 0.15) is 22.4 Å². The van der Waals surface area contributed by atoms with Gasteiger partial charge in [0.1, 0.15) is 12.1 Å². The zero-order chi connectivity index (χ0) is 12.7. The van der Waals surface area contributed by atoms with E-state index in [0.29, 0.717) is 0 Å². The molecule has 0 unspecified atom stereocenters. The molecule has 4 rings (SSSR count). The summed E-state index contributed by atoms with van der Waals surface area (Å²) in [6.45, 7) is 3.82. The Morgan fingerprint density at radius 1 is 1.05 bits per heavy atom. The summed E-state index contributed by atoms with van der Waals surface area (Å²) in [5, 5.41) is 3.42. The average Bonchev–Trinajstić information content (AvgIpc) is 2.90. The van der Waals surface area contributed by atoms with Crippen molar-refractivity contribution in [2.24, 2.45) is 0 Å². The van der Waals surface area contributed by atoms with Gasteiger partial charge in [0.25, 0.3) is 0 Å². The van der Waals surface area contributed by atoms with E-state index in [9.17, 15) is 0 Å². The Morgan fingerprint density at radius 2 is 1.84 bits per heavy atom. The van der Waals surface area contributed by atoms with E-state index in [2.05, 4.69) is 44.5 Å². The van der Waals surface area contributed by atoms with Crippen LogP contribution in [0.3, 0.4) is 0 Å². The van der Waals surface area contributed by atoms with Gasteiger partial charge in [0.05, 0.1) is 5.69 Å². The minimum Gasteiger partial charge on any atom is -0.348 e. The van der Waals surface area contributed by atoms with Crippen molar-refractivity contribution in [3.8, 4) is 0 Å². The Morgan fingerprint density at radius 3 is 2.63 bits per heavy atom. The van der Waals surface area contributed by atoms with E-state index in [0.717, 1.165) is 38.4 Å². The van der Waals surface area contributed by atoms with Crippen LogP contribution in [0.25, 0.3) is 0 Å². The summed E-state index contributed by atoms with van der Waals surface area (Å²) in [7, 11) is 0. The summed E-state index contributed by atoms with van der Waals surface area (Å²) >= 11 is 0. The van der Waals surface area contributed by atoms with Gasteiger partial charge in [0.15, 0.2) is 0 Å². The standard InChI is InChI=1S/C15H16N4/c1-2-4-12-9-19(8-11(12)3-1)15-13-7-16-6-5-14(13)17-10-18-15/h1-4,10,16H,5-9H2. The molecule has 0 fully saturated rings. The molecule has 0 saturated heterocycles. The highest BCUT2D eigenvalue weighted by Crippen LogP contribution is 2.30. The van der Waals surface area contributed by atoms with Crippen LogP contribution in [0.5, 0.6) is 0 Å². The zero-order valence-corrected chi connectivity index (χ0v) is 10.8. The normalized spacial score (nSPS) is 17.2. The van der Waals surface area contributed by atoms with Crippen LogP contribution in [0.2, 0.25) is 0 Å². The van der Waals surface area contributed by atoms with Gasteiger partial charge in [-0.05, 0) is 11.1 Å². The molecule has 1 aromatic heterocycles. The minimum absolute atomic E-state index is 0.887. The fraction of sp³-hybridized carbons (Fsp3) is 0.333. The van der Waals surface area contributed by atoms with Gasteiger partial charge in [-0.1, -0.05) is 24.3 Å². The highest BCUT2D eigenvalue weighted by atomic mass is 15.2. The van der Waals surface area contributed by atoms with Crippen molar-refractivity contribution in [2.45, 2.75) is 26.1 Å². The topological polar surface area (TPSA) is 41.1 Å². The van der Waals surface area contributed by atoms with Gasteiger partial charge in [-0.2, -0.15) is 0 Å². The third-order valence-electron chi connectivity index (χ3n) is 3.99. The van der Waals surface area contributed by atoms with Gasteiger partial charge in [0, 0.05) is 38.2 Å². The molecule has 4 nitrogen and oxygen atoms in total. The van der Waals surface area contributed by atoms with Gasteiger partial charge in [-0.25, -0.2) is 9.97 Å². The van der Waals surface area contributed by atoms with E-state index >= 15 is 0 Å². The van der Waals surface area contributed by atoms with Gasteiger partial charge in [-0.3, -0.25) is 0 Å². The molecule has 0 bridgehead atoms. The summed E-state index contributed by atoms with van der Waals surface area (Å²) in [4.78, 5) is 11.3. The van der Waals surface area contributed by atoms with Crippen LogP contribution in [-0.2, 0) is 26.1 Å². The molecule has 3 heterocycles. The van der Waals surface area contributed by atoms with E-state index in [1.807, 2.05) is 0 Å². The zero-order valence-electron chi connectivity index (χ0n) is 10.8. The first-order valence-corrected chi connectivity index (χ1v) is 6.77. The first-order valence-electron chi connectivity index (χ1n) is 6.77. The van der Waals surface area contributed by atoms with E-state index in [1.54, 1.807) is 6.33 Å². The van der Waals surface area contributed by atoms with Crippen molar-refractivity contribution in [3.05, 3.63) is 53.0 Å². The number of hydrogen-bond acceptors (Lipinski definition) is 4. The highest BCUT2D eigenvalue weighted by molar-refractivity contribution is 5.53. The van der Waals surface area contributed by atoms with Crippen LogP contribution in [-0.4, -0.2) is 16.5 Å². The monoisotopic (exact) mass is 252 g/mol. The molecule has 0 saturated carbocycles. The SMILES string of the molecule is c1ccc2c(c1)CN(c1ncnc3c1CNCC3)C2. The van der Waals surface area contributed by atoms with Crippen LogP contribution in [0.15, 0.2) is 30.6 Å². The number of hydrogen-bond donors (Lipinski definition) is 1. The quantitative estimate of drug-likeness (QED) is 0.837. The molecular weight excluding hydrogens is 236 g/mol. The molecular formula is C15H16N4. The lowest BCUT2D eigenvalue weighted by atomic mass is 10.1. The highest BCUT2D eigenvalue weighted by Gasteiger charge is 2.24. The van der Waals surface area contributed by atoms with Gasteiger partial charge < -0.3 is 10.2 Å². The largest absolute Gasteiger partial charge is 0.348 e. The fourth-order valence-electron chi connectivity index (χ4n) is 3.01. The van der Waals surface area contributed by atoms with Crippen LogP contribution in [0, 0.1) is 0 Å². The molecule has 2 aliphatic rings. The van der Waals surface area contributed by atoms with Crippen LogP contribution in [0.4, 0.5) is 5.82 Å². The third-order valence-corrected chi connectivity index (χ3v) is 3.99. The number of nitrogens with zero attached hydrogens (tertiary/aromatic N) is 3. The fourth-order valence-corrected chi connectivity index (χ4v) is 3.01. The maximum absolute atomic E-state index is 4.53. The molecule has 0 spiro atoms. The van der Waals surface area contributed by atoms with E-state index in [-0.39, 0.29) is 0 Å². The van der Waals surface area contributed by atoms with E-state index in [4.69, 9.17) is 0 Å². The first-order chi connectivity index (χ1) is 9.42. The number of anilines is 1. The molecule has 0 amide bonds. The van der Waals surface area contributed by atoms with Gasteiger partial charge >= 0.3 is 0 Å². The Bertz CT molecular complexity index is 598. The molecule has 0 atom stereocenters. The number of benzene rings is 1. The molecule has 96 valence electrons. The Hall–Kier alpha value is -1.94.